The van der Waals surface area contributed by atoms with E-state index < -0.39 is 10.0 Å². The summed E-state index contributed by atoms with van der Waals surface area (Å²) >= 11 is 6.23. The lowest BCUT2D eigenvalue weighted by Crippen LogP contribution is -2.31. The minimum atomic E-state index is -3.89. The molecule has 0 bridgehead atoms. The largest absolute Gasteiger partial charge is 0.454 e. The van der Waals surface area contributed by atoms with Crippen LogP contribution in [0.15, 0.2) is 95.9 Å². The standard InChI is InChI=1S/C28H23ClN2O5S/c1-19-7-12-22(29)15-25(19)31(37(33,34)24-5-3-2-4-6-24)17-20-8-10-21(11-9-20)28(32)30-23-13-14-26-27(16-23)36-18-35-26/h2-16H,17-18H2,1H3,(H,30,32). The van der Waals surface area contributed by atoms with Gasteiger partial charge in [-0.2, -0.15) is 0 Å². The second-order valence-corrected chi connectivity index (χ2v) is 10.8. The number of amides is 1. The minimum Gasteiger partial charge on any atom is -0.454 e. The number of aryl methyl sites for hydroxylation is 1. The van der Waals surface area contributed by atoms with Crippen molar-refractivity contribution in [2.24, 2.45) is 0 Å². The molecule has 5 rings (SSSR count). The predicted molar refractivity (Wildman–Crippen MR) is 143 cm³/mol. The van der Waals surface area contributed by atoms with Crippen molar-refractivity contribution in [3.63, 3.8) is 0 Å². The van der Waals surface area contributed by atoms with Gasteiger partial charge in [0.2, 0.25) is 6.79 Å². The van der Waals surface area contributed by atoms with E-state index >= 15 is 0 Å². The Morgan fingerprint density at radius 1 is 0.919 bits per heavy atom. The molecule has 1 amide bonds. The van der Waals surface area contributed by atoms with Gasteiger partial charge in [0.05, 0.1) is 17.1 Å². The van der Waals surface area contributed by atoms with Gasteiger partial charge < -0.3 is 14.8 Å². The van der Waals surface area contributed by atoms with E-state index in [1.165, 1.54) is 4.31 Å². The Morgan fingerprint density at radius 3 is 2.41 bits per heavy atom. The van der Waals surface area contributed by atoms with E-state index in [1.807, 2.05) is 6.92 Å². The monoisotopic (exact) mass is 534 g/mol. The van der Waals surface area contributed by atoms with Crippen molar-refractivity contribution in [2.75, 3.05) is 16.4 Å². The molecular formula is C28H23ClN2O5S. The van der Waals surface area contributed by atoms with E-state index in [0.29, 0.717) is 39.0 Å². The van der Waals surface area contributed by atoms with Crippen LogP contribution in [0.1, 0.15) is 21.5 Å². The molecule has 37 heavy (non-hydrogen) atoms. The number of hydrogen-bond donors (Lipinski definition) is 1. The van der Waals surface area contributed by atoms with Gasteiger partial charge in [-0.05, 0) is 66.6 Å². The highest BCUT2D eigenvalue weighted by Crippen LogP contribution is 2.34. The molecule has 1 aliphatic heterocycles. The molecule has 0 saturated carbocycles. The molecule has 1 heterocycles. The van der Waals surface area contributed by atoms with E-state index in [1.54, 1.807) is 91.0 Å². The Morgan fingerprint density at radius 2 is 1.65 bits per heavy atom. The van der Waals surface area contributed by atoms with Gasteiger partial charge in [-0.25, -0.2) is 8.42 Å². The van der Waals surface area contributed by atoms with Gasteiger partial charge in [0.25, 0.3) is 15.9 Å². The van der Waals surface area contributed by atoms with Crippen LogP contribution in [0.25, 0.3) is 0 Å². The molecule has 0 aliphatic carbocycles. The number of nitrogens with one attached hydrogen (secondary N) is 1. The molecule has 0 unspecified atom stereocenters. The Hall–Kier alpha value is -4.01. The maximum absolute atomic E-state index is 13.7. The molecule has 7 nitrogen and oxygen atoms in total. The quantitative estimate of drug-likeness (QED) is 0.313. The number of hydrogen-bond acceptors (Lipinski definition) is 5. The van der Waals surface area contributed by atoms with Crippen LogP contribution in [0.5, 0.6) is 11.5 Å². The van der Waals surface area contributed by atoms with Gasteiger partial charge in [-0.3, -0.25) is 9.10 Å². The number of nitrogens with zero attached hydrogens (tertiary/aromatic N) is 1. The van der Waals surface area contributed by atoms with Gasteiger partial charge >= 0.3 is 0 Å². The van der Waals surface area contributed by atoms with Crippen molar-refractivity contribution in [3.05, 3.63) is 113 Å². The lowest BCUT2D eigenvalue weighted by molar-refractivity contribution is 0.102. The van der Waals surface area contributed by atoms with Crippen LogP contribution in [0, 0.1) is 6.92 Å². The van der Waals surface area contributed by atoms with E-state index in [2.05, 4.69) is 5.32 Å². The number of rotatable bonds is 7. The molecule has 1 N–H and O–H groups in total. The predicted octanol–water partition coefficient (Wildman–Crippen LogP) is 6.02. The van der Waals surface area contributed by atoms with Gasteiger partial charge in [0.15, 0.2) is 11.5 Å². The number of carbonyl (C=O) groups excluding carboxylic acids is 1. The van der Waals surface area contributed by atoms with Crippen molar-refractivity contribution in [1.82, 2.24) is 0 Å². The van der Waals surface area contributed by atoms with E-state index in [4.69, 9.17) is 21.1 Å². The molecule has 0 fully saturated rings. The van der Waals surface area contributed by atoms with Gasteiger partial charge in [-0.15, -0.1) is 0 Å². The van der Waals surface area contributed by atoms with E-state index in [0.717, 1.165) is 5.56 Å². The smallest absolute Gasteiger partial charge is 0.264 e. The van der Waals surface area contributed by atoms with Gasteiger partial charge in [0, 0.05) is 22.3 Å². The van der Waals surface area contributed by atoms with Crippen molar-refractivity contribution >= 4 is 38.9 Å². The molecule has 4 aromatic carbocycles. The first kappa shape index (κ1) is 24.7. The Balaban J connectivity index is 1.40. The number of halogens is 1. The highest BCUT2D eigenvalue weighted by atomic mass is 35.5. The summed E-state index contributed by atoms with van der Waals surface area (Å²) in [6.45, 7) is 2.05. The Kier molecular flexibility index (Phi) is 6.78. The normalized spacial score (nSPS) is 12.3. The molecule has 188 valence electrons. The fourth-order valence-electron chi connectivity index (χ4n) is 3.98. The highest BCUT2D eigenvalue weighted by molar-refractivity contribution is 7.92. The second kappa shape index (κ2) is 10.2. The Bertz CT molecular complexity index is 1560. The summed E-state index contributed by atoms with van der Waals surface area (Å²) < 4.78 is 39.3. The van der Waals surface area contributed by atoms with Crippen LogP contribution in [-0.4, -0.2) is 21.1 Å². The van der Waals surface area contributed by atoms with Crippen molar-refractivity contribution < 1.29 is 22.7 Å². The number of sulfonamides is 1. The fraction of sp³-hybridized carbons (Fsp3) is 0.107. The van der Waals surface area contributed by atoms with Gasteiger partial charge in [0.1, 0.15) is 0 Å². The first-order valence-corrected chi connectivity index (χ1v) is 13.3. The third kappa shape index (κ3) is 5.26. The van der Waals surface area contributed by atoms with Crippen LogP contribution in [-0.2, 0) is 16.6 Å². The zero-order chi connectivity index (χ0) is 26.0. The van der Waals surface area contributed by atoms with Crippen molar-refractivity contribution in [2.45, 2.75) is 18.4 Å². The maximum atomic E-state index is 13.7. The first-order chi connectivity index (χ1) is 17.8. The Labute approximate surface area is 220 Å². The number of ether oxygens (including phenoxy) is 2. The summed E-state index contributed by atoms with van der Waals surface area (Å²) in [5.41, 5.74) is 2.97. The number of anilines is 2. The molecule has 9 heteroatoms. The number of fused-ring (bicyclic) bond motifs is 1. The molecular weight excluding hydrogens is 512 g/mol. The van der Waals surface area contributed by atoms with Gasteiger partial charge in [-0.1, -0.05) is 48.0 Å². The average molecular weight is 535 g/mol. The summed E-state index contributed by atoms with van der Waals surface area (Å²) in [7, 11) is -3.89. The van der Waals surface area contributed by atoms with E-state index in [-0.39, 0.29) is 24.1 Å². The van der Waals surface area contributed by atoms with E-state index in [9.17, 15) is 13.2 Å². The van der Waals surface area contributed by atoms with Crippen LogP contribution >= 0.6 is 11.6 Å². The first-order valence-electron chi connectivity index (χ1n) is 11.5. The lowest BCUT2D eigenvalue weighted by atomic mass is 10.1. The van der Waals surface area contributed by atoms with Crippen LogP contribution in [0.3, 0.4) is 0 Å². The average Bonchev–Trinajstić information content (AvgIpc) is 3.37. The van der Waals surface area contributed by atoms with Crippen LogP contribution in [0.4, 0.5) is 11.4 Å². The second-order valence-electron chi connectivity index (χ2n) is 8.47. The summed E-state index contributed by atoms with van der Waals surface area (Å²) in [5, 5.41) is 3.27. The summed E-state index contributed by atoms with van der Waals surface area (Å²) in [5.74, 6) is 0.904. The zero-order valence-corrected chi connectivity index (χ0v) is 21.4. The lowest BCUT2D eigenvalue weighted by Gasteiger charge is -2.26. The third-order valence-electron chi connectivity index (χ3n) is 5.94. The maximum Gasteiger partial charge on any atom is 0.264 e. The summed E-state index contributed by atoms with van der Waals surface area (Å²) in [6, 6.07) is 25.4. The highest BCUT2D eigenvalue weighted by Gasteiger charge is 2.26. The fourth-order valence-corrected chi connectivity index (χ4v) is 5.67. The topological polar surface area (TPSA) is 84.9 Å². The third-order valence-corrected chi connectivity index (χ3v) is 7.95. The molecule has 0 spiro atoms. The summed E-state index contributed by atoms with van der Waals surface area (Å²) in [6.07, 6.45) is 0. The molecule has 1 aliphatic rings. The number of carbonyl (C=O) groups is 1. The zero-order valence-electron chi connectivity index (χ0n) is 19.8. The van der Waals surface area contributed by atoms with Crippen molar-refractivity contribution in [1.29, 1.82) is 0 Å². The SMILES string of the molecule is Cc1ccc(Cl)cc1N(Cc1ccc(C(=O)Nc2ccc3c(c2)OCO3)cc1)S(=O)(=O)c1ccccc1. The molecule has 4 aromatic rings. The molecule has 0 saturated heterocycles. The number of benzene rings is 4. The molecule has 0 aromatic heterocycles. The molecule has 0 atom stereocenters. The van der Waals surface area contributed by atoms with Crippen LogP contribution < -0.4 is 19.1 Å². The van der Waals surface area contributed by atoms with Crippen molar-refractivity contribution in [3.8, 4) is 11.5 Å². The summed E-state index contributed by atoms with van der Waals surface area (Å²) in [4.78, 5) is 13.0. The minimum absolute atomic E-state index is 0.0580. The molecule has 0 radical (unpaired) electrons. The van der Waals surface area contributed by atoms with Crippen LogP contribution in [0.2, 0.25) is 5.02 Å².